The average molecular weight is 398 g/mol. The van der Waals surface area contributed by atoms with E-state index >= 15 is 0 Å². The van der Waals surface area contributed by atoms with E-state index in [-0.39, 0.29) is 28.6 Å². The molecule has 11 nitrogen and oxygen atoms in total. The van der Waals surface area contributed by atoms with Gasteiger partial charge in [-0.15, -0.1) is 0 Å². The lowest BCUT2D eigenvalue weighted by molar-refractivity contribution is -0.386. The Morgan fingerprint density at radius 2 is 2.00 bits per heavy atom. The number of nitrogens with one attached hydrogen (secondary N) is 2. The van der Waals surface area contributed by atoms with Crippen LogP contribution >= 0.6 is 11.6 Å². The topological polar surface area (TPSA) is 137 Å². The highest BCUT2D eigenvalue weighted by Crippen LogP contribution is 2.22. The van der Waals surface area contributed by atoms with Gasteiger partial charge in [0, 0.05) is 12.7 Å². The molecule has 0 unspecified atom stereocenters. The molecule has 0 aliphatic carbocycles. The molecule has 0 bridgehead atoms. The van der Waals surface area contributed by atoms with Crippen molar-refractivity contribution in [2.75, 3.05) is 0 Å². The number of nitro groups is 1. The first-order valence-electron chi connectivity index (χ1n) is 8.17. The standard InChI is InChI=1S/C15H20ClN7O4/c1-5-21-7-11(16)12(20-21)15(25)18-17-14(24)8(2)6-22-10(4)13(23(26)27)9(3)19-22/h7-8H,5-6H2,1-4H3,(H,17,24)(H,18,25)/t8-/m1/s1. The number of nitrogens with zero attached hydrogens (tertiary/aromatic N) is 5. The van der Waals surface area contributed by atoms with Gasteiger partial charge in [-0.1, -0.05) is 18.5 Å². The van der Waals surface area contributed by atoms with Gasteiger partial charge in [0.05, 0.1) is 22.4 Å². The van der Waals surface area contributed by atoms with Crippen LogP contribution in [0.2, 0.25) is 5.02 Å². The summed E-state index contributed by atoms with van der Waals surface area (Å²) in [7, 11) is 0. The summed E-state index contributed by atoms with van der Waals surface area (Å²) in [6, 6.07) is 0. The van der Waals surface area contributed by atoms with Crippen LogP contribution in [0.1, 0.15) is 35.7 Å². The predicted molar refractivity (Wildman–Crippen MR) is 96.0 cm³/mol. The lowest BCUT2D eigenvalue weighted by Gasteiger charge is -2.13. The Balaban J connectivity index is 1.98. The van der Waals surface area contributed by atoms with Gasteiger partial charge in [-0.2, -0.15) is 10.2 Å². The maximum Gasteiger partial charge on any atom is 0.312 e. The number of hydrogen-bond donors (Lipinski definition) is 2. The van der Waals surface area contributed by atoms with Gasteiger partial charge in [-0.3, -0.25) is 39.9 Å². The smallest absolute Gasteiger partial charge is 0.273 e. The molecule has 0 aliphatic heterocycles. The minimum absolute atomic E-state index is 0.000593. The number of aryl methyl sites for hydroxylation is 2. The van der Waals surface area contributed by atoms with E-state index in [0.717, 1.165) is 0 Å². The van der Waals surface area contributed by atoms with E-state index in [0.29, 0.717) is 12.2 Å². The Morgan fingerprint density at radius 1 is 1.33 bits per heavy atom. The summed E-state index contributed by atoms with van der Waals surface area (Å²) >= 11 is 5.94. The van der Waals surface area contributed by atoms with Gasteiger partial charge < -0.3 is 0 Å². The Labute approximate surface area is 159 Å². The van der Waals surface area contributed by atoms with Crippen molar-refractivity contribution in [1.82, 2.24) is 30.4 Å². The van der Waals surface area contributed by atoms with Crippen LogP contribution in [0.25, 0.3) is 0 Å². The number of carbonyl (C=O) groups is 2. The predicted octanol–water partition coefficient (Wildman–Crippen LogP) is 1.38. The minimum atomic E-state index is -0.644. The van der Waals surface area contributed by atoms with Crippen LogP contribution in [0.3, 0.4) is 0 Å². The largest absolute Gasteiger partial charge is 0.312 e. The van der Waals surface area contributed by atoms with E-state index in [1.54, 1.807) is 13.8 Å². The van der Waals surface area contributed by atoms with Gasteiger partial charge in [0.1, 0.15) is 11.4 Å². The number of rotatable bonds is 6. The molecule has 12 heteroatoms. The van der Waals surface area contributed by atoms with Crippen LogP contribution in [-0.4, -0.2) is 36.3 Å². The fourth-order valence-electron chi connectivity index (χ4n) is 2.49. The molecule has 0 aromatic carbocycles. The molecule has 0 aliphatic rings. The van der Waals surface area contributed by atoms with Crippen molar-refractivity contribution in [1.29, 1.82) is 0 Å². The number of hydrazine groups is 1. The van der Waals surface area contributed by atoms with Crippen molar-refractivity contribution < 1.29 is 14.5 Å². The number of aromatic nitrogens is 4. The highest BCUT2D eigenvalue weighted by molar-refractivity contribution is 6.33. The van der Waals surface area contributed by atoms with E-state index in [9.17, 15) is 19.7 Å². The summed E-state index contributed by atoms with van der Waals surface area (Å²) in [5.41, 5.74) is 5.12. The summed E-state index contributed by atoms with van der Waals surface area (Å²) in [6.07, 6.45) is 1.51. The van der Waals surface area contributed by atoms with Crippen LogP contribution in [0.15, 0.2) is 6.20 Å². The summed E-state index contributed by atoms with van der Waals surface area (Å²) < 4.78 is 2.90. The van der Waals surface area contributed by atoms with Gasteiger partial charge in [0.15, 0.2) is 5.69 Å². The van der Waals surface area contributed by atoms with Gasteiger partial charge in [-0.05, 0) is 20.8 Å². The van der Waals surface area contributed by atoms with E-state index in [1.165, 1.54) is 22.5 Å². The molecular formula is C15H20ClN7O4. The van der Waals surface area contributed by atoms with Crippen molar-refractivity contribution >= 4 is 29.1 Å². The Morgan fingerprint density at radius 3 is 2.52 bits per heavy atom. The van der Waals surface area contributed by atoms with Crippen molar-refractivity contribution in [3.05, 3.63) is 38.4 Å². The normalized spacial score (nSPS) is 11.9. The van der Waals surface area contributed by atoms with Gasteiger partial charge in [0.25, 0.3) is 5.91 Å². The van der Waals surface area contributed by atoms with Crippen LogP contribution in [0, 0.1) is 29.9 Å². The van der Waals surface area contributed by atoms with Crippen molar-refractivity contribution in [2.24, 2.45) is 5.92 Å². The van der Waals surface area contributed by atoms with Crippen molar-refractivity contribution in [3.8, 4) is 0 Å². The second-order valence-corrected chi connectivity index (χ2v) is 6.39. The lowest BCUT2D eigenvalue weighted by atomic mass is 10.1. The SMILES string of the molecule is CCn1cc(Cl)c(C(=O)NNC(=O)[C@H](C)Cn2nc(C)c([N+](=O)[O-])c2C)n1. The van der Waals surface area contributed by atoms with Gasteiger partial charge in [-0.25, -0.2) is 0 Å². The van der Waals surface area contributed by atoms with E-state index < -0.39 is 22.7 Å². The Hall–Kier alpha value is -2.95. The molecule has 2 amide bonds. The zero-order valence-corrected chi connectivity index (χ0v) is 16.1. The average Bonchev–Trinajstić information content (AvgIpc) is 3.11. The first kappa shape index (κ1) is 20.4. The highest BCUT2D eigenvalue weighted by Gasteiger charge is 2.24. The molecule has 2 aromatic rings. The molecule has 2 N–H and O–H groups in total. The third kappa shape index (κ3) is 4.42. The zero-order chi connectivity index (χ0) is 20.3. The van der Waals surface area contributed by atoms with Crippen LogP contribution < -0.4 is 10.9 Å². The van der Waals surface area contributed by atoms with Crippen molar-refractivity contribution in [3.63, 3.8) is 0 Å². The molecule has 0 radical (unpaired) electrons. The number of halogens is 1. The van der Waals surface area contributed by atoms with E-state index in [1.807, 2.05) is 6.92 Å². The second-order valence-electron chi connectivity index (χ2n) is 5.98. The molecule has 27 heavy (non-hydrogen) atoms. The fourth-order valence-corrected chi connectivity index (χ4v) is 2.72. The maximum absolute atomic E-state index is 12.2. The molecule has 2 rings (SSSR count). The van der Waals surface area contributed by atoms with Crippen LogP contribution in [-0.2, 0) is 17.9 Å². The highest BCUT2D eigenvalue weighted by atomic mass is 35.5. The zero-order valence-electron chi connectivity index (χ0n) is 15.3. The number of hydrogen-bond acceptors (Lipinski definition) is 6. The Bertz CT molecular complexity index is 889. The molecule has 0 fully saturated rings. The van der Waals surface area contributed by atoms with Gasteiger partial charge in [0.2, 0.25) is 5.91 Å². The molecular weight excluding hydrogens is 378 g/mol. The van der Waals surface area contributed by atoms with Crippen LogP contribution in [0.5, 0.6) is 0 Å². The Kier molecular flexibility index (Phi) is 6.16. The summed E-state index contributed by atoms with van der Waals surface area (Å²) in [6.45, 7) is 7.22. The first-order valence-corrected chi connectivity index (χ1v) is 8.55. The molecule has 0 saturated heterocycles. The quantitative estimate of drug-likeness (QED) is 0.558. The molecule has 2 heterocycles. The maximum atomic E-state index is 12.2. The molecule has 0 saturated carbocycles. The monoisotopic (exact) mass is 397 g/mol. The summed E-state index contributed by atoms with van der Waals surface area (Å²) in [4.78, 5) is 34.8. The van der Waals surface area contributed by atoms with Crippen LogP contribution in [0.4, 0.5) is 5.69 Å². The third-order valence-electron chi connectivity index (χ3n) is 3.98. The molecule has 146 valence electrons. The molecule has 2 aromatic heterocycles. The van der Waals surface area contributed by atoms with Gasteiger partial charge >= 0.3 is 5.69 Å². The molecule has 1 atom stereocenters. The number of carbonyl (C=O) groups excluding carboxylic acids is 2. The molecule has 0 spiro atoms. The lowest BCUT2D eigenvalue weighted by Crippen LogP contribution is -2.45. The van der Waals surface area contributed by atoms with Crippen molar-refractivity contribution in [2.45, 2.75) is 40.8 Å². The summed E-state index contributed by atoms with van der Waals surface area (Å²) in [5, 5.41) is 19.3. The minimum Gasteiger partial charge on any atom is -0.273 e. The summed E-state index contributed by atoms with van der Waals surface area (Å²) in [5.74, 6) is -1.73. The first-order chi connectivity index (χ1) is 12.6. The second kappa shape index (κ2) is 8.16. The number of amides is 2. The fraction of sp³-hybridized carbons (Fsp3) is 0.467. The van der Waals surface area contributed by atoms with E-state index in [2.05, 4.69) is 21.0 Å². The van der Waals surface area contributed by atoms with E-state index in [4.69, 9.17) is 11.6 Å². The third-order valence-corrected chi connectivity index (χ3v) is 4.25.